The third-order valence-electron chi connectivity index (χ3n) is 5.67. The van der Waals surface area contributed by atoms with Crippen molar-refractivity contribution in [3.8, 4) is 0 Å². The van der Waals surface area contributed by atoms with Crippen LogP contribution in [0.1, 0.15) is 60.6 Å². The fourth-order valence-electron chi connectivity index (χ4n) is 4.63. The smallest absolute Gasteiger partial charge is 0.335 e. The van der Waals surface area contributed by atoms with E-state index in [9.17, 15) is 9.90 Å². The summed E-state index contributed by atoms with van der Waals surface area (Å²) >= 11 is 0. The molecule has 0 bridgehead atoms. The fraction of sp³-hybridized carbons (Fsp3) is 0.611. The predicted molar refractivity (Wildman–Crippen MR) is 84.2 cm³/mol. The van der Waals surface area contributed by atoms with Crippen LogP contribution in [0.25, 0.3) is 0 Å². The van der Waals surface area contributed by atoms with Crippen LogP contribution >= 0.6 is 0 Å². The molecular weight excluding hydrogens is 278 g/mol. The highest BCUT2D eigenvalue weighted by atomic mass is 16.5. The average Bonchev–Trinajstić information content (AvgIpc) is 3.07. The van der Waals surface area contributed by atoms with E-state index in [2.05, 4.69) is 5.32 Å². The Labute approximate surface area is 130 Å². The summed E-state index contributed by atoms with van der Waals surface area (Å²) in [7, 11) is 0. The second-order valence-electron chi connectivity index (χ2n) is 6.92. The van der Waals surface area contributed by atoms with Gasteiger partial charge in [-0.15, -0.1) is 0 Å². The first kappa shape index (κ1) is 14.1. The van der Waals surface area contributed by atoms with Crippen molar-refractivity contribution in [2.45, 2.75) is 50.7 Å². The Hall–Kier alpha value is -1.55. The Morgan fingerprint density at radius 3 is 2.77 bits per heavy atom. The molecule has 0 amide bonds. The maximum Gasteiger partial charge on any atom is 0.335 e. The van der Waals surface area contributed by atoms with Crippen LogP contribution in [0.15, 0.2) is 18.2 Å². The normalized spacial score (nSPS) is 31.2. The van der Waals surface area contributed by atoms with Crippen LogP contribution in [-0.4, -0.2) is 23.7 Å². The van der Waals surface area contributed by atoms with E-state index in [1.54, 1.807) is 12.1 Å². The summed E-state index contributed by atoms with van der Waals surface area (Å²) in [5.74, 6) is 0.365. The highest BCUT2D eigenvalue weighted by Crippen LogP contribution is 2.48. The number of ether oxygens (including phenoxy) is 1. The topological polar surface area (TPSA) is 58.6 Å². The molecule has 22 heavy (non-hydrogen) atoms. The van der Waals surface area contributed by atoms with Gasteiger partial charge in [-0.05, 0) is 43.7 Å². The number of carbonyl (C=O) groups is 1. The lowest BCUT2D eigenvalue weighted by atomic mass is 9.74. The van der Waals surface area contributed by atoms with Gasteiger partial charge in [0.25, 0.3) is 0 Å². The second-order valence-corrected chi connectivity index (χ2v) is 6.92. The molecule has 118 valence electrons. The summed E-state index contributed by atoms with van der Waals surface area (Å²) in [4.78, 5) is 11.2. The summed E-state index contributed by atoms with van der Waals surface area (Å²) in [5.41, 5.74) is 2.47. The first-order valence-electron chi connectivity index (χ1n) is 8.49. The van der Waals surface area contributed by atoms with Crippen LogP contribution < -0.4 is 5.32 Å². The number of aromatic carboxylic acids is 1. The molecule has 4 rings (SSSR count). The molecule has 1 saturated carbocycles. The van der Waals surface area contributed by atoms with E-state index in [0.29, 0.717) is 23.4 Å². The summed E-state index contributed by atoms with van der Waals surface area (Å²) in [5, 5.41) is 12.9. The molecule has 3 unspecified atom stereocenters. The number of hydrogen-bond acceptors (Lipinski definition) is 3. The number of carboxylic acids is 1. The summed E-state index contributed by atoms with van der Waals surface area (Å²) < 4.78 is 6.11. The Morgan fingerprint density at radius 2 is 2.00 bits per heavy atom. The Bertz CT molecular complexity index is 580. The van der Waals surface area contributed by atoms with Crippen LogP contribution in [0.5, 0.6) is 0 Å². The third kappa shape index (κ3) is 2.30. The Morgan fingerprint density at radius 1 is 1.18 bits per heavy atom. The van der Waals surface area contributed by atoms with Crippen LogP contribution in [0.2, 0.25) is 0 Å². The van der Waals surface area contributed by atoms with E-state index in [-0.39, 0.29) is 6.10 Å². The summed E-state index contributed by atoms with van der Waals surface area (Å²) in [6, 6.07) is 5.87. The molecule has 2 heterocycles. The largest absolute Gasteiger partial charge is 0.478 e. The van der Waals surface area contributed by atoms with E-state index in [1.807, 2.05) is 6.07 Å². The van der Waals surface area contributed by atoms with Crippen molar-refractivity contribution in [1.29, 1.82) is 0 Å². The van der Waals surface area contributed by atoms with Gasteiger partial charge in [0.15, 0.2) is 0 Å². The number of carboxylic acid groups (broad SMARTS) is 1. The minimum absolute atomic E-state index is 0.137. The van der Waals surface area contributed by atoms with Gasteiger partial charge in [-0.3, -0.25) is 0 Å². The zero-order valence-corrected chi connectivity index (χ0v) is 12.8. The monoisotopic (exact) mass is 301 g/mol. The van der Waals surface area contributed by atoms with E-state index in [0.717, 1.165) is 24.3 Å². The molecule has 0 radical (unpaired) electrons. The molecule has 3 atom stereocenters. The molecule has 1 aromatic carbocycles. The van der Waals surface area contributed by atoms with Gasteiger partial charge in [0.2, 0.25) is 0 Å². The van der Waals surface area contributed by atoms with Crippen LogP contribution in [0.4, 0.5) is 5.69 Å². The minimum atomic E-state index is -0.867. The van der Waals surface area contributed by atoms with Crippen molar-refractivity contribution < 1.29 is 14.6 Å². The number of rotatable bonds is 2. The molecule has 0 spiro atoms. The van der Waals surface area contributed by atoms with Gasteiger partial charge in [0.05, 0.1) is 11.7 Å². The van der Waals surface area contributed by atoms with Gasteiger partial charge >= 0.3 is 5.97 Å². The van der Waals surface area contributed by atoms with Crippen molar-refractivity contribution >= 4 is 11.7 Å². The van der Waals surface area contributed by atoms with Gasteiger partial charge in [0.1, 0.15) is 0 Å². The zero-order chi connectivity index (χ0) is 15.1. The molecule has 4 heteroatoms. The highest BCUT2D eigenvalue weighted by molar-refractivity contribution is 5.89. The molecule has 1 aromatic rings. The van der Waals surface area contributed by atoms with Gasteiger partial charge in [-0.2, -0.15) is 0 Å². The SMILES string of the molecule is O=C(O)c1ccc2c(c1)NC(C1CCCC1)C1CCCOC21. The molecule has 1 saturated heterocycles. The number of hydrogen-bond donors (Lipinski definition) is 2. The molecule has 4 nitrogen and oxygen atoms in total. The molecule has 2 aliphatic heterocycles. The van der Waals surface area contributed by atoms with E-state index >= 15 is 0 Å². The first-order valence-corrected chi connectivity index (χ1v) is 8.49. The van der Waals surface area contributed by atoms with Crippen molar-refractivity contribution in [3.05, 3.63) is 29.3 Å². The average molecular weight is 301 g/mol. The lowest BCUT2D eigenvalue weighted by molar-refractivity contribution is -0.0437. The predicted octanol–water partition coefficient (Wildman–Crippen LogP) is 3.84. The molecule has 0 aromatic heterocycles. The van der Waals surface area contributed by atoms with E-state index in [4.69, 9.17) is 4.74 Å². The Kier molecular flexibility index (Phi) is 3.57. The molecular formula is C18H23NO3. The van der Waals surface area contributed by atoms with Gasteiger partial charge in [-0.1, -0.05) is 18.9 Å². The number of anilines is 1. The van der Waals surface area contributed by atoms with Crippen LogP contribution in [-0.2, 0) is 4.74 Å². The van der Waals surface area contributed by atoms with Crippen molar-refractivity contribution in [1.82, 2.24) is 0 Å². The van der Waals surface area contributed by atoms with Crippen molar-refractivity contribution in [2.75, 3.05) is 11.9 Å². The first-order chi connectivity index (χ1) is 10.7. The fourth-order valence-corrected chi connectivity index (χ4v) is 4.63. The van der Waals surface area contributed by atoms with E-state index < -0.39 is 5.97 Å². The van der Waals surface area contributed by atoms with Gasteiger partial charge < -0.3 is 15.2 Å². The van der Waals surface area contributed by atoms with Crippen molar-refractivity contribution in [3.63, 3.8) is 0 Å². The quantitative estimate of drug-likeness (QED) is 0.871. The summed E-state index contributed by atoms with van der Waals surface area (Å²) in [6.07, 6.45) is 7.70. The summed E-state index contributed by atoms with van der Waals surface area (Å²) in [6.45, 7) is 0.818. The van der Waals surface area contributed by atoms with Gasteiger partial charge in [0, 0.05) is 29.8 Å². The third-order valence-corrected chi connectivity index (χ3v) is 5.67. The minimum Gasteiger partial charge on any atom is -0.478 e. The number of benzene rings is 1. The maximum atomic E-state index is 11.2. The lowest BCUT2D eigenvalue weighted by Crippen LogP contribution is -2.45. The number of nitrogens with one attached hydrogen (secondary N) is 1. The highest BCUT2D eigenvalue weighted by Gasteiger charge is 2.42. The van der Waals surface area contributed by atoms with E-state index in [1.165, 1.54) is 32.1 Å². The molecule has 2 fully saturated rings. The lowest BCUT2D eigenvalue weighted by Gasteiger charge is -2.45. The van der Waals surface area contributed by atoms with Crippen LogP contribution in [0, 0.1) is 11.8 Å². The Balaban J connectivity index is 1.72. The second kappa shape index (κ2) is 5.58. The molecule has 1 aliphatic carbocycles. The van der Waals surface area contributed by atoms with Crippen molar-refractivity contribution in [2.24, 2.45) is 11.8 Å². The zero-order valence-electron chi connectivity index (χ0n) is 12.8. The standard InChI is InChI=1S/C18H23NO3/c20-18(21)12-7-8-13-15(10-12)19-16(11-4-1-2-5-11)14-6-3-9-22-17(13)14/h7-8,10-11,14,16-17,19H,1-6,9H2,(H,20,21). The molecule has 2 N–H and O–H groups in total. The maximum absolute atomic E-state index is 11.2. The molecule has 3 aliphatic rings. The van der Waals surface area contributed by atoms with Gasteiger partial charge in [-0.25, -0.2) is 4.79 Å². The number of fused-ring (bicyclic) bond motifs is 3. The van der Waals surface area contributed by atoms with Crippen LogP contribution in [0.3, 0.4) is 0 Å².